The smallest absolute Gasteiger partial charge is 0.253 e. The van der Waals surface area contributed by atoms with E-state index in [1.165, 1.54) is 0 Å². The average molecular weight is 221 g/mol. The molecule has 0 radical (unpaired) electrons. The summed E-state index contributed by atoms with van der Waals surface area (Å²) in [7, 11) is 0. The van der Waals surface area contributed by atoms with E-state index >= 15 is 0 Å². The molecule has 0 aliphatic rings. The first kappa shape index (κ1) is 12.5. The van der Waals surface area contributed by atoms with Crippen molar-refractivity contribution in [1.29, 1.82) is 0 Å². The topological polar surface area (TPSA) is 68.0 Å². The van der Waals surface area contributed by atoms with Crippen LogP contribution in [0.25, 0.3) is 0 Å². The molecular weight excluding hydrogens is 202 g/mol. The van der Waals surface area contributed by atoms with Crippen LogP contribution < -0.4 is 11.1 Å². The van der Waals surface area contributed by atoms with Gasteiger partial charge < -0.3 is 11.1 Å². The lowest BCUT2D eigenvalue weighted by atomic mass is 10.1. The van der Waals surface area contributed by atoms with Crippen LogP contribution in [0.2, 0.25) is 0 Å². The predicted octanol–water partition coefficient (Wildman–Crippen LogP) is 1.75. The van der Waals surface area contributed by atoms with Crippen molar-refractivity contribution in [2.24, 2.45) is 5.92 Å². The molecule has 0 aromatic carbocycles. The Hall–Kier alpha value is -1.58. The average Bonchev–Trinajstić information content (AvgIpc) is 2.21. The van der Waals surface area contributed by atoms with Gasteiger partial charge in [-0.15, -0.1) is 0 Å². The minimum absolute atomic E-state index is 0.0991. The molecule has 0 saturated heterocycles. The minimum Gasteiger partial charge on any atom is -0.397 e. The molecule has 1 aromatic rings. The summed E-state index contributed by atoms with van der Waals surface area (Å²) in [6.45, 7) is 6.74. The van der Waals surface area contributed by atoms with Crippen molar-refractivity contribution in [3.8, 4) is 0 Å². The zero-order valence-corrected chi connectivity index (χ0v) is 10.1. The van der Waals surface area contributed by atoms with Crippen LogP contribution >= 0.6 is 0 Å². The van der Waals surface area contributed by atoms with Crippen LogP contribution in [0, 0.1) is 12.8 Å². The Morgan fingerprint density at radius 1 is 1.56 bits per heavy atom. The summed E-state index contributed by atoms with van der Waals surface area (Å²) in [5.41, 5.74) is 7.38. The number of nitrogens with two attached hydrogens (primary N) is 1. The number of pyridine rings is 1. The van der Waals surface area contributed by atoms with Crippen molar-refractivity contribution in [2.45, 2.75) is 27.2 Å². The van der Waals surface area contributed by atoms with E-state index in [1.54, 1.807) is 19.2 Å². The Morgan fingerprint density at radius 2 is 2.25 bits per heavy atom. The molecule has 0 atom stereocenters. The first-order chi connectivity index (χ1) is 7.50. The number of amides is 1. The second kappa shape index (κ2) is 5.49. The predicted molar refractivity (Wildman–Crippen MR) is 65.2 cm³/mol. The molecule has 3 N–H and O–H groups in total. The van der Waals surface area contributed by atoms with Gasteiger partial charge >= 0.3 is 0 Å². The fourth-order valence-corrected chi connectivity index (χ4v) is 1.35. The molecule has 4 nitrogen and oxygen atoms in total. The van der Waals surface area contributed by atoms with Crippen LogP contribution in [0.4, 0.5) is 5.69 Å². The SMILES string of the molecule is Cc1ncc(N)cc1C(=O)NCCC(C)C. The van der Waals surface area contributed by atoms with E-state index in [-0.39, 0.29) is 5.91 Å². The van der Waals surface area contributed by atoms with Gasteiger partial charge in [0.05, 0.1) is 23.1 Å². The molecule has 0 aliphatic carbocycles. The number of anilines is 1. The maximum Gasteiger partial charge on any atom is 0.253 e. The zero-order valence-electron chi connectivity index (χ0n) is 10.1. The molecule has 0 spiro atoms. The molecule has 0 fully saturated rings. The summed E-state index contributed by atoms with van der Waals surface area (Å²) < 4.78 is 0. The zero-order chi connectivity index (χ0) is 12.1. The molecule has 4 heteroatoms. The van der Waals surface area contributed by atoms with Gasteiger partial charge in [-0.25, -0.2) is 0 Å². The van der Waals surface area contributed by atoms with Crippen LogP contribution in [0.3, 0.4) is 0 Å². The number of hydrogen-bond acceptors (Lipinski definition) is 3. The van der Waals surface area contributed by atoms with Gasteiger partial charge in [-0.2, -0.15) is 0 Å². The van der Waals surface area contributed by atoms with Gasteiger partial charge in [-0.1, -0.05) is 13.8 Å². The van der Waals surface area contributed by atoms with Crippen LogP contribution in [-0.2, 0) is 0 Å². The molecule has 1 heterocycles. The van der Waals surface area contributed by atoms with E-state index in [9.17, 15) is 4.79 Å². The Labute approximate surface area is 96.3 Å². The summed E-state index contributed by atoms with van der Waals surface area (Å²) in [4.78, 5) is 15.8. The number of rotatable bonds is 4. The maximum absolute atomic E-state index is 11.8. The number of nitrogen functional groups attached to an aromatic ring is 1. The second-order valence-electron chi connectivity index (χ2n) is 4.34. The molecule has 0 unspecified atom stereocenters. The summed E-state index contributed by atoms with van der Waals surface area (Å²) in [6, 6.07) is 1.66. The number of nitrogens with zero attached hydrogens (tertiary/aromatic N) is 1. The third-order valence-corrected chi connectivity index (χ3v) is 2.36. The van der Waals surface area contributed by atoms with E-state index in [0.717, 1.165) is 6.42 Å². The Morgan fingerprint density at radius 3 is 2.88 bits per heavy atom. The maximum atomic E-state index is 11.8. The fourth-order valence-electron chi connectivity index (χ4n) is 1.35. The van der Waals surface area contributed by atoms with Crippen molar-refractivity contribution in [3.05, 3.63) is 23.5 Å². The van der Waals surface area contributed by atoms with Crippen LogP contribution in [0.15, 0.2) is 12.3 Å². The third-order valence-electron chi connectivity index (χ3n) is 2.36. The van der Waals surface area contributed by atoms with Crippen molar-refractivity contribution < 1.29 is 4.79 Å². The molecule has 1 aromatic heterocycles. The number of carbonyl (C=O) groups is 1. The van der Waals surface area contributed by atoms with Gasteiger partial charge in [-0.05, 0) is 25.3 Å². The van der Waals surface area contributed by atoms with E-state index < -0.39 is 0 Å². The lowest BCUT2D eigenvalue weighted by Crippen LogP contribution is -2.26. The molecule has 16 heavy (non-hydrogen) atoms. The quantitative estimate of drug-likeness (QED) is 0.813. The van der Waals surface area contributed by atoms with Gasteiger partial charge in [0.1, 0.15) is 0 Å². The summed E-state index contributed by atoms with van der Waals surface area (Å²) in [5, 5.41) is 2.86. The Bertz CT molecular complexity index is 375. The van der Waals surface area contributed by atoms with Gasteiger partial charge in [0.25, 0.3) is 5.91 Å². The first-order valence-corrected chi connectivity index (χ1v) is 5.51. The fraction of sp³-hybridized carbons (Fsp3) is 0.500. The Balaban J connectivity index is 2.62. The number of aromatic nitrogens is 1. The summed E-state index contributed by atoms with van der Waals surface area (Å²) >= 11 is 0. The molecule has 0 saturated carbocycles. The Kier molecular flexibility index (Phi) is 4.28. The van der Waals surface area contributed by atoms with E-state index in [4.69, 9.17) is 5.73 Å². The highest BCUT2D eigenvalue weighted by molar-refractivity contribution is 5.95. The summed E-state index contributed by atoms with van der Waals surface area (Å²) in [5.74, 6) is 0.485. The van der Waals surface area contributed by atoms with Crippen molar-refractivity contribution >= 4 is 11.6 Å². The monoisotopic (exact) mass is 221 g/mol. The van der Waals surface area contributed by atoms with E-state index in [1.807, 2.05) is 0 Å². The third kappa shape index (κ3) is 3.53. The molecule has 1 amide bonds. The van der Waals surface area contributed by atoms with Crippen molar-refractivity contribution in [2.75, 3.05) is 12.3 Å². The number of nitrogens with one attached hydrogen (secondary N) is 1. The normalized spacial score (nSPS) is 10.5. The van der Waals surface area contributed by atoms with E-state index in [2.05, 4.69) is 24.1 Å². The van der Waals surface area contributed by atoms with Crippen LogP contribution in [0.1, 0.15) is 36.3 Å². The molecule has 0 bridgehead atoms. The van der Waals surface area contributed by atoms with Crippen molar-refractivity contribution in [1.82, 2.24) is 10.3 Å². The molecular formula is C12H19N3O. The standard InChI is InChI=1S/C12H19N3O/c1-8(2)4-5-14-12(16)11-6-10(13)7-15-9(11)3/h6-8H,4-5,13H2,1-3H3,(H,14,16). The van der Waals surface area contributed by atoms with E-state index in [0.29, 0.717) is 29.4 Å². The van der Waals surface area contributed by atoms with Crippen molar-refractivity contribution in [3.63, 3.8) is 0 Å². The van der Waals surface area contributed by atoms with Gasteiger partial charge in [0.2, 0.25) is 0 Å². The minimum atomic E-state index is -0.0991. The second-order valence-corrected chi connectivity index (χ2v) is 4.34. The lowest BCUT2D eigenvalue weighted by Gasteiger charge is -2.09. The number of carbonyl (C=O) groups excluding carboxylic acids is 1. The highest BCUT2D eigenvalue weighted by atomic mass is 16.1. The lowest BCUT2D eigenvalue weighted by molar-refractivity contribution is 0.0951. The molecule has 1 rings (SSSR count). The molecule has 0 aliphatic heterocycles. The molecule has 88 valence electrons. The number of hydrogen-bond donors (Lipinski definition) is 2. The van der Waals surface area contributed by atoms with Crippen LogP contribution in [0.5, 0.6) is 0 Å². The highest BCUT2D eigenvalue weighted by Crippen LogP contribution is 2.09. The van der Waals surface area contributed by atoms with Gasteiger partial charge in [-0.3, -0.25) is 9.78 Å². The van der Waals surface area contributed by atoms with Crippen LogP contribution in [-0.4, -0.2) is 17.4 Å². The number of aryl methyl sites for hydroxylation is 1. The van der Waals surface area contributed by atoms with Gasteiger partial charge in [0, 0.05) is 6.54 Å². The largest absolute Gasteiger partial charge is 0.397 e. The highest BCUT2D eigenvalue weighted by Gasteiger charge is 2.09. The first-order valence-electron chi connectivity index (χ1n) is 5.51. The van der Waals surface area contributed by atoms with Gasteiger partial charge in [0.15, 0.2) is 0 Å². The summed E-state index contributed by atoms with van der Waals surface area (Å²) in [6.07, 6.45) is 2.53.